The van der Waals surface area contributed by atoms with Gasteiger partial charge in [0.25, 0.3) is 0 Å². The highest BCUT2D eigenvalue weighted by Gasteiger charge is 2.32. The number of aryl methyl sites for hydroxylation is 1. The van der Waals surface area contributed by atoms with Gasteiger partial charge in [0.2, 0.25) is 0 Å². The van der Waals surface area contributed by atoms with E-state index in [9.17, 15) is 0 Å². The van der Waals surface area contributed by atoms with Crippen LogP contribution in [0.15, 0.2) is 46.7 Å². The highest BCUT2D eigenvalue weighted by atomic mass is 32.2. The molecule has 1 aromatic rings. The molecule has 1 unspecified atom stereocenters. The number of hydrogen-bond donors (Lipinski definition) is 2. The minimum Gasteiger partial charge on any atom is -0.341 e. The molecule has 1 saturated carbocycles. The number of benzene rings is 1. The van der Waals surface area contributed by atoms with Gasteiger partial charge in [0.05, 0.1) is 0 Å². The summed E-state index contributed by atoms with van der Waals surface area (Å²) in [6.45, 7) is 13.5. The van der Waals surface area contributed by atoms with Gasteiger partial charge in [0.1, 0.15) is 5.82 Å². The van der Waals surface area contributed by atoms with Crippen LogP contribution in [0.4, 0.5) is 5.69 Å². The highest BCUT2D eigenvalue weighted by molar-refractivity contribution is 8.01. The van der Waals surface area contributed by atoms with E-state index in [1.54, 1.807) is 11.9 Å². The van der Waals surface area contributed by atoms with Crippen LogP contribution in [0.1, 0.15) is 76.0 Å². The number of hydrogen-bond acceptors (Lipinski definition) is 3. The van der Waals surface area contributed by atoms with Gasteiger partial charge in [-0.05, 0) is 97.1 Å². The van der Waals surface area contributed by atoms with Gasteiger partial charge in [-0.15, -0.1) is 0 Å². The first-order valence-electron chi connectivity index (χ1n) is 10.9. The Bertz CT molecular complexity index is 842. The van der Waals surface area contributed by atoms with Crippen LogP contribution in [0.5, 0.6) is 0 Å². The highest BCUT2D eigenvalue weighted by Crippen LogP contribution is 2.46. The molecule has 0 aliphatic heterocycles. The van der Waals surface area contributed by atoms with E-state index in [0.717, 1.165) is 18.2 Å². The molecule has 3 aliphatic rings. The monoisotopic (exact) mass is 394 g/mol. The summed E-state index contributed by atoms with van der Waals surface area (Å²) < 4.78 is 3.47. The van der Waals surface area contributed by atoms with Crippen molar-refractivity contribution in [1.82, 2.24) is 4.72 Å². The van der Waals surface area contributed by atoms with Gasteiger partial charge in [-0.1, -0.05) is 45.1 Å². The molecule has 150 valence electrons. The van der Waals surface area contributed by atoms with E-state index in [2.05, 4.69) is 62.5 Å². The second-order valence-corrected chi connectivity index (χ2v) is 10.1. The fourth-order valence-electron chi connectivity index (χ4n) is 4.80. The lowest BCUT2D eigenvalue weighted by Crippen LogP contribution is -2.15. The zero-order chi connectivity index (χ0) is 19.8. The molecule has 0 saturated heterocycles. The number of anilines is 1. The molecule has 0 bridgehead atoms. The summed E-state index contributed by atoms with van der Waals surface area (Å²) >= 11 is 1.71. The van der Waals surface area contributed by atoms with Crippen LogP contribution in [-0.2, 0) is 12.8 Å². The first kappa shape index (κ1) is 19.7. The molecule has 0 aromatic heterocycles. The lowest BCUT2D eigenvalue weighted by atomic mass is 9.91. The molecule has 0 spiro atoms. The van der Waals surface area contributed by atoms with Gasteiger partial charge in [-0.3, -0.25) is 0 Å². The van der Waals surface area contributed by atoms with Crippen molar-refractivity contribution in [2.45, 2.75) is 72.1 Å². The zero-order valence-corrected chi connectivity index (χ0v) is 18.6. The third-order valence-electron chi connectivity index (χ3n) is 6.59. The average Bonchev–Trinajstić information content (AvgIpc) is 3.27. The van der Waals surface area contributed by atoms with Crippen molar-refractivity contribution in [1.29, 1.82) is 0 Å². The largest absolute Gasteiger partial charge is 0.341 e. The SMILES string of the molecule is C=C(NSC1=CC(C(C)C)=C(C)C1)Nc1c(C(C)C2CC2)ccc2c1CCC2. The Hall–Kier alpha value is -1.61. The molecule has 0 radical (unpaired) electrons. The first-order valence-corrected chi connectivity index (χ1v) is 11.7. The predicted octanol–water partition coefficient (Wildman–Crippen LogP) is 7.07. The second-order valence-electron chi connectivity index (χ2n) is 9.13. The van der Waals surface area contributed by atoms with Crippen LogP contribution < -0.4 is 10.0 Å². The van der Waals surface area contributed by atoms with Crippen molar-refractivity contribution in [3.63, 3.8) is 0 Å². The number of nitrogens with one attached hydrogen (secondary N) is 2. The lowest BCUT2D eigenvalue weighted by molar-refractivity contribution is 0.664. The molecular weight excluding hydrogens is 360 g/mol. The quantitative estimate of drug-likeness (QED) is 0.461. The summed E-state index contributed by atoms with van der Waals surface area (Å²) in [6.07, 6.45) is 9.85. The van der Waals surface area contributed by atoms with Crippen LogP contribution >= 0.6 is 11.9 Å². The van der Waals surface area contributed by atoms with Gasteiger partial charge in [0, 0.05) is 17.0 Å². The third-order valence-corrected chi connectivity index (χ3v) is 7.46. The standard InChI is InChI=1S/C25H34N2S/c1-15(2)24-14-21(13-16(24)3)28-27-18(5)26-25-22(17(4)19-9-10-19)12-11-20-7-6-8-23(20)25/h11-12,14-15,17,19,26-27H,5-10,13H2,1-4H3. The molecule has 3 aliphatic carbocycles. The van der Waals surface area contributed by atoms with E-state index >= 15 is 0 Å². The van der Waals surface area contributed by atoms with E-state index in [4.69, 9.17) is 0 Å². The lowest BCUT2D eigenvalue weighted by Gasteiger charge is -2.22. The summed E-state index contributed by atoms with van der Waals surface area (Å²) in [6, 6.07) is 4.75. The van der Waals surface area contributed by atoms with Crippen molar-refractivity contribution in [3.05, 3.63) is 63.4 Å². The van der Waals surface area contributed by atoms with Gasteiger partial charge < -0.3 is 10.0 Å². The molecule has 0 heterocycles. The maximum absolute atomic E-state index is 4.29. The fraction of sp³-hybridized carbons (Fsp3) is 0.520. The van der Waals surface area contributed by atoms with E-state index in [0.29, 0.717) is 11.8 Å². The maximum atomic E-state index is 4.29. The molecular formula is C25H34N2S. The van der Waals surface area contributed by atoms with Crippen molar-refractivity contribution in [3.8, 4) is 0 Å². The van der Waals surface area contributed by atoms with Crippen molar-refractivity contribution < 1.29 is 0 Å². The van der Waals surface area contributed by atoms with E-state index in [-0.39, 0.29) is 0 Å². The molecule has 3 heteroatoms. The summed E-state index contributed by atoms with van der Waals surface area (Å²) in [5, 5.41) is 3.68. The number of allylic oxidation sites excluding steroid dienone is 4. The van der Waals surface area contributed by atoms with E-state index < -0.39 is 0 Å². The minimum atomic E-state index is 0.595. The van der Waals surface area contributed by atoms with Gasteiger partial charge in [-0.25, -0.2) is 0 Å². The Morgan fingerprint density at radius 3 is 2.64 bits per heavy atom. The second kappa shape index (κ2) is 8.02. The Morgan fingerprint density at radius 1 is 1.18 bits per heavy atom. The number of fused-ring (bicyclic) bond motifs is 1. The molecule has 1 atom stereocenters. The van der Waals surface area contributed by atoms with Gasteiger partial charge in [0.15, 0.2) is 0 Å². The molecule has 28 heavy (non-hydrogen) atoms. The Morgan fingerprint density at radius 2 is 1.96 bits per heavy atom. The van der Waals surface area contributed by atoms with Gasteiger partial charge >= 0.3 is 0 Å². The summed E-state index contributed by atoms with van der Waals surface area (Å²) in [7, 11) is 0. The van der Waals surface area contributed by atoms with Crippen LogP contribution in [0, 0.1) is 11.8 Å². The van der Waals surface area contributed by atoms with Crippen LogP contribution in [0.25, 0.3) is 0 Å². The summed E-state index contributed by atoms with van der Waals surface area (Å²) in [5.74, 6) is 2.98. The van der Waals surface area contributed by atoms with E-state index in [1.807, 2.05) is 0 Å². The third kappa shape index (κ3) is 4.05. The van der Waals surface area contributed by atoms with E-state index in [1.165, 1.54) is 70.5 Å². The molecule has 2 N–H and O–H groups in total. The Balaban J connectivity index is 1.45. The zero-order valence-electron chi connectivity index (χ0n) is 17.8. The maximum Gasteiger partial charge on any atom is 0.106 e. The fourth-order valence-corrected chi connectivity index (χ4v) is 5.58. The molecule has 0 amide bonds. The Labute approximate surface area is 175 Å². The normalized spacial score (nSPS) is 19.7. The smallest absolute Gasteiger partial charge is 0.106 e. The first-order chi connectivity index (χ1) is 13.4. The van der Waals surface area contributed by atoms with Crippen LogP contribution in [0.3, 0.4) is 0 Å². The predicted molar refractivity (Wildman–Crippen MR) is 123 cm³/mol. The summed E-state index contributed by atoms with van der Waals surface area (Å²) in [5.41, 5.74) is 8.86. The molecule has 4 rings (SSSR count). The van der Waals surface area contributed by atoms with Crippen LogP contribution in [-0.4, -0.2) is 0 Å². The van der Waals surface area contributed by atoms with Crippen LogP contribution in [0.2, 0.25) is 0 Å². The van der Waals surface area contributed by atoms with Crippen molar-refractivity contribution in [2.75, 3.05) is 5.32 Å². The van der Waals surface area contributed by atoms with Crippen molar-refractivity contribution >= 4 is 17.6 Å². The Kier molecular flexibility index (Phi) is 5.64. The summed E-state index contributed by atoms with van der Waals surface area (Å²) in [4.78, 5) is 1.38. The molecule has 1 aromatic carbocycles. The topological polar surface area (TPSA) is 24.1 Å². The van der Waals surface area contributed by atoms with Gasteiger partial charge in [-0.2, -0.15) is 0 Å². The average molecular weight is 395 g/mol. The molecule has 1 fully saturated rings. The number of rotatable bonds is 8. The van der Waals surface area contributed by atoms with Crippen molar-refractivity contribution in [2.24, 2.45) is 11.8 Å². The minimum absolute atomic E-state index is 0.595. The molecule has 2 nitrogen and oxygen atoms in total.